The van der Waals surface area contributed by atoms with Crippen LogP contribution in [0.3, 0.4) is 0 Å². The summed E-state index contributed by atoms with van der Waals surface area (Å²) in [6.07, 6.45) is 1.21. The van der Waals surface area contributed by atoms with Gasteiger partial charge in [-0.1, -0.05) is 25.4 Å². The second-order valence-corrected chi connectivity index (χ2v) is 4.65. The highest BCUT2D eigenvalue weighted by Crippen LogP contribution is 2.06. The van der Waals surface area contributed by atoms with Crippen molar-refractivity contribution in [2.75, 3.05) is 13.6 Å². The van der Waals surface area contributed by atoms with E-state index in [4.69, 9.17) is 11.6 Å². The summed E-state index contributed by atoms with van der Waals surface area (Å²) in [5, 5.41) is 8.29. The van der Waals surface area contributed by atoms with Crippen molar-refractivity contribution in [2.45, 2.75) is 26.8 Å². The van der Waals surface area contributed by atoms with Gasteiger partial charge in [-0.25, -0.2) is 0 Å². The van der Waals surface area contributed by atoms with Crippen LogP contribution in [0, 0.1) is 5.92 Å². The third-order valence-electron chi connectivity index (χ3n) is 2.21. The van der Waals surface area contributed by atoms with Crippen LogP contribution in [-0.2, 0) is 6.54 Å². The maximum absolute atomic E-state index is 5.66. The van der Waals surface area contributed by atoms with Crippen molar-refractivity contribution >= 4 is 11.6 Å². The Morgan fingerprint density at radius 3 is 2.60 bits per heavy atom. The normalized spacial score (nSPS) is 11.3. The SMILES string of the molecule is CC(C)CCN(C)Cc1ccc(Cl)nn1. The molecule has 0 aliphatic heterocycles. The Morgan fingerprint density at radius 2 is 2.07 bits per heavy atom. The molecular formula is C11H18ClN3. The summed E-state index contributed by atoms with van der Waals surface area (Å²) in [6.45, 7) is 6.38. The number of halogens is 1. The van der Waals surface area contributed by atoms with Crippen molar-refractivity contribution in [2.24, 2.45) is 5.92 Å². The maximum atomic E-state index is 5.66. The predicted octanol–water partition coefficient (Wildman–Crippen LogP) is 2.61. The summed E-state index contributed by atoms with van der Waals surface area (Å²) in [4.78, 5) is 2.25. The van der Waals surface area contributed by atoms with Gasteiger partial charge in [-0.2, -0.15) is 5.10 Å². The van der Waals surface area contributed by atoms with E-state index in [-0.39, 0.29) is 0 Å². The topological polar surface area (TPSA) is 29.0 Å². The molecule has 0 saturated carbocycles. The first-order valence-corrected chi connectivity index (χ1v) is 5.62. The fraction of sp³-hybridized carbons (Fsp3) is 0.636. The third-order valence-corrected chi connectivity index (χ3v) is 2.41. The minimum absolute atomic E-state index is 0.448. The summed E-state index contributed by atoms with van der Waals surface area (Å²) < 4.78 is 0. The van der Waals surface area contributed by atoms with Crippen LogP contribution < -0.4 is 0 Å². The van der Waals surface area contributed by atoms with Crippen LogP contribution in [0.25, 0.3) is 0 Å². The molecule has 4 heteroatoms. The molecule has 1 aromatic rings. The molecule has 15 heavy (non-hydrogen) atoms. The Morgan fingerprint density at radius 1 is 1.33 bits per heavy atom. The molecule has 0 saturated heterocycles. The molecule has 0 radical (unpaired) electrons. The number of hydrogen-bond donors (Lipinski definition) is 0. The zero-order valence-corrected chi connectivity index (χ0v) is 10.3. The molecule has 84 valence electrons. The van der Waals surface area contributed by atoms with E-state index in [0.29, 0.717) is 5.15 Å². The molecule has 0 N–H and O–H groups in total. The first-order valence-electron chi connectivity index (χ1n) is 5.24. The van der Waals surface area contributed by atoms with Crippen LogP contribution in [0.5, 0.6) is 0 Å². The van der Waals surface area contributed by atoms with Crippen molar-refractivity contribution in [3.8, 4) is 0 Å². The van der Waals surface area contributed by atoms with Gasteiger partial charge in [0, 0.05) is 6.54 Å². The van der Waals surface area contributed by atoms with Gasteiger partial charge in [0.15, 0.2) is 5.15 Å². The van der Waals surface area contributed by atoms with E-state index < -0.39 is 0 Å². The molecule has 1 rings (SSSR count). The number of hydrogen-bond acceptors (Lipinski definition) is 3. The number of nitrogens with zero attached hydrogens (tertiary/aromatic N) is 3. The predicted molar refractivity (Wildman–Crippen MR) is 62.8 cm³/mol. The zero-order valence-electron chi connectivity index (χ0n) is 9.57. The smallest absolute Gasteiger partial charge is 0.151 e. The molecule has 0 fully saturated rings. The molecule has 1 aromatic heterocycles. The van der Waals surface area contributed by atoms with Crippen LogP contribution in [0.4, 0.5) is 0 Å². The Balaban J connectivity index is 2.37. The number of aromatic nitrogens is 2. The van der Waals surface area contributed by atoms with Crippen LogP contribution >= 0.6 is 11.6 Å². The molecule has 0 unspecified atom stereocenters. The molecular weight excluding hydrogens is 210 g/mol. The van der Waals surface area contributed by atoms with Gasteiger partial charge in [0.25, 0.3) is 0 Å². The van der Waals surface area contributed by atoms with Gasteiger partial charge < -0.3 is 4.90 Å². The number of rotatable bonds is 5. The monoisotopic (exact) mass is 227 g/mol. The lowest BCUT2D eigenvalue weighted by Crippen LogP contribution is -2.21. The van der Waals surface area contributed by atoms with Crippen molar-refractivity contribution in [3.63, 3.8) is 0 Å². The third kappa shape index (κ3) is 5.09. The lowest BCUT2D eigenvalue weighted by atomic mass is 10.1. The molecule has 3 nitrogen and oxygen atoms in total. The summed E-state index contributed by atoms with van der Waals surface area (Å²) in [6, 6.07) is 3.70. The van der Waals surface area contributed by atoms with Crippen molar-refractivity contribution in [1.29, 1.82) is 0 Å². The minimum Gasteiger partial charge on any atom is -0.300 e. The summed E-state index contributed by atoms with van der Waals surface area (Å²) in [7, 11) is 2.10. The molecule has 0 bridgehead atoms. The van der Waals surface area contributed by atoms with E-state index in [1.165, 1.54) is 6.42 Å². The highest BCUT2D eigenvalue weighted by atomic mass is 35.5. The van der Waals surface area contributed by atoms with Gasteiger partial charge in [-0.15, -0.1) is 5.10 Å². The maximum Gasteiger partial charge on any atom is 0.151 e. The molecule has 0 spiro atoms. The van der Waals surface area contributed by atoms with Crippen molar-refractivity contribution < 1.29 is 0 Å². The van der Waals surface area contributed by atoms with E-state index in [9.17, 15) is 0 Å². The first-order chi connectivity index (χ1) is 7.08. The van der Waals surface area contributed by atoms with Crippen molar-refractivity contribution in [1.82, 2.24) is 15.1 Å². The lowest BCUT2D eigenvalue weighted by molar-refractivity contribution is 0.299. The average Bonchev–Trinajstić information content (AvgIpc) is 2.19. The summed E-state index contributed by atoms with van der Waals surface area (Å²) in [5.74, 6) is 0.740. The van der Waals surface area contributed by atoms with Gasteiger partial charge in [0.2, 0.25) is 0 Å². The standard InChI is InChI=1S/C11H18ClN3/c1-9(2)6-7-15(3)8-10-4-5-11(12)14-13-10/h4-5,9H,6-8H2,1-3H3. The van der Waals surface area contributed by atoms with E-state index in [0.717, 1.165) is 24.7 Å². The Kier molecular flexibility index (Phi) is 4.99. The van der Waals surface area contributed by atoms with Gasteiger partial charge in [0.1, 0.15) is 0 Å². The summed E-state index contributed by atoms with van der Waals surface area (Å²) in [5.41, 5.74) is 0.964. The fourth-order valence-electron chi connectivity index (χ4n) is 1.26. The molecule has 1 heterocycles. The molecule has 0 aliphatic carbocycles. The molecule has 0 aromatic carbocycles. The van der Waals surface area contributed by atoms with Gasteiger partial charge in [0.05, 0.1) is 5.69 Å². The largest absolute Gasteiger partial charge is 0.300 e. The average molecular weight is 228 g/mol. The highest BCUT2D eigenvalue weighted by Gasteiger charge is 2.03. The van der Waals surface area contributed by atoms with Crippen LogP contribution in [0.2, 0.25) is 5.15 Å². The first kappa shape index (κ1) is 12.4. The van der Waals surface area contributed by atoms with Gasteiger partial charge in [-0.05, 0) is 38.1 Å². The highest BCUT2D eigenvalue weighted by molar-refractivity contribution is 6.29. The van der Waals surface area contributed by atoms with Crippen LogP contribution in [0.15, 0.2) is 12.1 Å². The molecule has 0 atom stereocenters. The minimum atomic E-state index is 0.448. The Hall–Kier alpha value is -0.670. The summed E-state index contributed by atoms with van der Waals surface area (Å²) >= 11 is 5.66. The zero-order chi connectivity index (χ0) is 11.3. The Labute approximate surface area is 96.5 Å². The molecule has 0 aliphatic rings. The van der Waals surface area contributed by atoms with E-state index in [1.807, 2.05) is 6.07 Å². The van der Waals surface area contributed by atoms with Crippen LogP contribution in [-0.4, -0.2) is 28.7 Å². The second kappa shape index (κ2) is 6.03. The van der Waals surface area contributed by atoms with E-state index in [1.54, 1.807) is 6.07 Å². The van der Waals surface area contributed by atoms with Gasteiger partial charge in [-0.3, -0.25) is 0 Å². The lowest BCUT2D eigenvalue weighted by Gasteiger charge is -2.16. The van der Waals surface area contributed by atoms with Crippen molar-refractivity contribution in [3.05, 3.63) is 23.0 Å². The molecule has 0 amide bonds. The quantitative estimate of drug-likeness (QED) is 0.775. The van der Waals surface area contributed by atoms with E-state index in [2.05, 4.69) is 36.0 Å². The Bertz CT molecular complexity index is 284. The van der Waals surface area contributed by atoms with E-state index >= 15 is 0 Å². The van der Waals surface area contributed by atoms with Crippen LogP contribution in [0.1, 0.15) is 26.0 Å². The second-order valence-electron chi connectivity index (χ2n) is 4.27. The fourth-order valence-corrected chi connectivity index (χ4v) is 1.36. The van der Waals surface area contributed by atoms with Gasteiger partial charge >= 0.3 is 0 Å².